The van der Waals surface area contributed by atoms with Crippen LogP contribution in [0.25, 0.3) is 0 Å². The molecule has 2 nitrogen and oxygen atoms in total. The summed E-state index contributed by atoms with van der Waals surface area (Å²) in [6.07, 6.45) is 2.19. The van der Waals surface area contributed by atoms with Gasteiger partial charge in [0.25, 0.3) is 0 Å². The van der Waals surface area contributed by atoms with E-state index < -0.39 is 0 Å². The normalized spacial score (nSPS) is 10.0. The lowest BCUT2D eigenvalue weighted by molar-refractivity contribution is 0.846. The molecule has 0 saturated heterocycles. The first-order valence-corrected chi connectivity index (χ1v) is 7.63. The smallest absolute Gasteiger partial charge is 0.108 e. The molecule has 0 aliphatic carbocycles. The summed E-state index contributed by atoms with van der Waals surface area (Å²) in [5, 5.41) is 0. The van der Waals surface area contributed by atoms with Crippen molar-refractivity contribution in [3.05, 3.63) is 72.6 Å². The Kier molecular flexibility index (Phi) is 5.44. The molecule has 0 N–H and O–H groups in total. The summed E-state index contributed by atoms with van der Waals surface area (Å²) in [5.74, 6) is 1.22. The Hall–Kier alpha value is -2.22. The molecule has 0 heterocycles. The Morgan fingerprint density at radius 1 is 0.762 bits per heavy atom. The number of rotatable bonds is 6. The van der Waals surface area contributed by atoms with Crippen LogP contribution in [0.5, 0.6) is 0 Å². The SMILES string of the molecule is CC=C(N(CC)c1ccccc1)N(CC)c1ccccc1. The van der Waals surface area contributed by atoms with Crippen LogP contribution < -0.4 is 9.80 Å². The Bertz CT molecular complexity index is 511. The molecule has 0 bridgehead atoms. The van der Waals surface area contributed by atoms with Gasteiger partial charge in [0.05, 0.1) is 0 Å². The molecule has 2 aromatic rings. The maximum absolute atomic E-state index is 2.34. The molecular weight excluding hydrogens is 256 g/mol. The van der Waals surface area contributed by atoms with Crippen molar-refractivity contribution in [1.29, 1.82) is 0 Å². The van der Waals surface area contributed by atoms with Gasteiger partial charge in [-0.2, -0.15) is 0 Å². The highest BCUT2D eigenvalue weighted by molar-refractivity contribution is 5.60. The van der Waals surface area contributed by atoms with E-state index in [9.17, 15) is 0 Å². The molecule has 21 heavy (non-hydrogen) atoms. The maximum atomic E-state index is 2.34. The molecular formula is C19H24N2. The van der Waals surface area contributed by atoms with Crippen LogP contribution >= 0.6 is 0 Å². The molecule has 110 valence electrons. The van der Waals surface area contributed by atoms with Gasteiger partial charge in [-0.05, 0) is 51.1 Å². The molecule has 0 saturated carbocycles. The zero-order valence-corrected chi connectivity index (χ0v) is 13.2. The van der Waals surface area contributed by atoms with E-state index in [0.717, 1.165) is 13.1 Å². The van der Waals surface area contributed by atoms with Gasteiger partial charge in [0.2, 0.25) is 0 Å². The lowest BCUT2D eigenvalue weighted by Crippen LogP contribution is -2.35. The van der Waals surface area contributed by atoms with E-state index >= 15 is 0 Å². The highest BCUT2D eigenvalue weighted by atomic mass is 15.3. The van der Waals surface area contributed by atoms with Crippen molar-refractivity contribution in [2.75, 3.05) is 22.9 Å². The number of benzene rings is 2. The Morgan fingerprint density at radius 2 is 1.14 bits per heavy atom. The van der Waals surface area contributed by atoms with Crippen LogP contribution in [0.15, 0.2) is 72.6 Å². The van der Waals surface area contributed by atoms with Crippen LogP contribution in [0.3, 0.4) is 0 Å². The summed E-state index contributed by atoms with van der Waals surface area (Å²) in [6.45, 7) is 8.36. The minimum absolute atomic E-state index is 0.938. The van der Waals surface area contributed by atoms with E-state index in [0.29, 0.717) is 0 Å². The zero-order valence-electron chi connectivity index (χ0n) is 13.2. The number of hydrogen-bond acceptors (Lipinski definition) is 2. The van der Waals surface area contributed by atoms with Gasteiger partial charge >= 0.3 is 0 Å². The zero-order chi connectivity index (χ0) is 15.1. The van der Waals surface area contributed by atoms with Crippen LogP contribution in [0.4, 0.5) is 11.4 Å². The van der Waals surface area contributed by atoms with E-state index in [2.05, 4.69) is 97.3 Å². The lowest BCUT2D eigenvalue weighted by atomic mass is 10.2. The number of anilines is 2. The second kappa shape index (κ2) is 7.53. The fraction of sp³-hybridized carbons (Fsp3) is 0.263. The van der Waals surface area contributed by atoms with Crippen molar-refractivity contribution < 1.29 is 0 Å². The van der Waals surface area contributed by atoms with Crippen LogP contribution in [0.2, 0.25) is 0 Å². The fourth-order valence-electron chi connectivity index (χ4n) is 2.63. The molecule has 0 fully saturated rings. The predicted octanol–water partition coefficient (Wildman–Crippen LogP) is 4.90. The van der Waals surface area contributed by atoms with E-state index in [4.69, 9.17) is 0 Å². The Labute approximate surface area is 128 Å². The molecule has 0 radical (unpaired) electrons. The lowest BCUT2D eigenvalue weighted by Gasteiger charge is -2.35. The molecule has 0 aromatic heterocycles. The van der Waals surface area contributed by atoms with E-state index in [-0.39, 0.29) is 0 Å². The van der Waals surface area contributed by atoms with E-state index in [1.807, 2.05) is 0 Å². The summed E-state index contributed by atoms with van der Waals surface area (Å²) in [4.78, 5) is 4.69. The van der Waals surface area contributed by atoms with E-state index in [1.165, 1.54) is 17.2 Å². The average molecular weight is 280 g/mol. The van der Waals surface area contributed by atoms with Crippen molar-refractivity contribution in [3.8, 4) is 0 Å². The predicted molar refractivity (Wildman–Crippen MR) is 92.7 cm³/mol. The highest BCUT2D eigenvalue weighted by Crippen LogP contribution is 2.25. The number of para-hydroxylation sites is 2. The summed E-state index contributed by atoms with van der Waals surface area (Å²) in [7, 11) is 0. The first kappa shape index (κ1) is 15.2. The molecule has 2 aromatic carbocycles. The maximum Gasteiger partial charge on any atom is 0.108 e. The van der Waals surface area contributed by atoms with Gasteiger partial charge in [0.15, 0.2) is 0 Å². The van der Waals surface area contributed by atoms with Gasteiger partial charge in [-0.25, -0.2) is 0 Å². The van der Waals surface area contributed by atoms with Gasteiger partial charge in [-0.1, -0.05) is 36.4 Å². The van der Waals surface area contributed by atoms with Gasteiger partial charge in [-0.3, -0.25) is 0 Å². The largest absolute Gasteiger partial charge is 0.328 e. The third-order valence-corrected chi connectivity index (χ3v) is 3.58. The van der Waals surface area contributed by atoms with Crippen molar-refractivity contribution in [2.24, 2.45) is 0 Å². The first-order chi connectivity index (χ1) is 10.3. The van der Waals surface area contributed by atoms with Crippen molar-refractivity contribution >= 4 is 11.4 Å². The monoisotopic (exact) mass is 280 g/mol. The van der Waals surface area contributed by atoms with Gasteiger partial charge in [0.1, 0.15) is 5.82 Å². The third kappa shape index (κ3) is 3.46. The van der Waals surface area contributed by atoms with Gasteiger partial charge < -0.3 is 9.80 Å². The summed E-state index contributed by atoms with van der Waals surface area (Å²) in [6, 6.07) is 21.1. The molecule has 0 spiro atoms. The van der Waals surface area contributed by atoms with Crippen molar-refractivity contribution in [2.45, 2.75) is 20.8 Å². The summed E-state index contributed by atoms with van der Waals surface area (Å²) in [5.41, 5.74) is 2.45. The van der Waals surface area contributed by atoms with Crippen molar-refractivity contribution in [1.82, 2.24) is 0 Å². The molecule has 2 heteroatoms. The van der Waals surface area contributed by atoms with Crippen LogP contribution in [-0.4, -0.2) is 13.1 Å². The second-order valence-electron chi connectivity index (χ2n) is 4.81. The summed E-state index contributed by atoms with van der Waals surface area (Å²) >= 11 is 0. The topological polar surface area (TPSA) is 6.48 Å². The fourth-order valence-corrected chi connectivity index (χ4v) is 2.63. The first-order valence-electron chi connectivity index (χ1n) is 7.63. The van der Waals surface area contributed by atoms with Gasteiger partial charge in [-0.15, -0.1) is 0 Å². The van der Waals surface area contributed by atoms with Gasteiger partial charge in [0, 0.05) is 24.5 Å². The highest BCUT2D eigenvalue weighted by Gasteiger charge is 2.16. The average Bonchev–Trinajstić information content (AvgIpc) is 2.56. The second-order valence-corrected chi connectivity index (χ2v) is 4.81. The molecule has 0 atom stereocenters. The van der Waals surface area contributed by atoms with Crippen molar-refractivity contribution in [3.63, 3.8) is 0 Å². The van der Waals surface area contributed by atoms with E-state index in [1.54, 1.807) is 0 Å². The molecule has 0 aliphatic rings. The molecule has 0 amide bonds. The third-order valence-electron chi connectivity index (χ3n) is 3.58. The quantitative estimate of drug-likeness (QED) is 0.742. The Balaban J connectivity index is 2.37. The summed E-state index contributed by atoms with van der Waals surface area (Å²) < 4.78 is 0. The Morgan fingerprint density at radius 3 is 1.43 bits per heavy atom. The minimum Gasteiger partial charge on any atom is -0.328 e. The molecule has 0 unspecified atom stereocenters. The number of nitrogens with zero attached hydrogens (tertiary/aromatic N) is 2. The number of hydrogen-bond donors (Lipinski definition) is 0. The molecule has 0 aliphatic heterocycles. The standard InChI is InChI=1S/C19H24N2/c1-4-19(20(5-2)17-13-9-7-10-14-17)21(6-3)18-15-11-8-12-16-18/h4,7-16H,5-6H2,1-3H3. The van der Waals surface area contributed by atoms with Crippen LogP contribution in [0, 0.1) is 0 Å². The molecule has 2 rings (SSSR count). The van der Waals surface area contributed by atoms with Crippen LogP contribution in [-0.2, 0) is 0 Å². The minimum atomic E-state index is 0.938. The van der Waals surface area contributed by atoms with Crippen LogP contribution in [0.1, 0.15) is 20.8 Å². The number of allylic oxidation sites excluding steroid dienone is 1.